The van der Waals surface area contributed by atoms with E-state index >= 15 is 0 Å². The summed E-state index contributed by atoms with van der Waals surface area (Å²) in [6.45, 7) is 1.72. The van der Waals surface area contributed by atoms with Gasteiger partial charge in [0.25, 0.3) is 15.9 Å². The summed E-state index contributed by atoms with van der Waals surface area (Å²) in [7, 11) is -4.15. The van der Waals surface area contributed by atoms with Gasteiger partial charge in [0.05, 0.1) is 11.6 Å². The summed E-state index contributed by atoms with van der Waals surface area (Å²) in [5.41, 5.74) is 0.817. The van der Waals surface area contributed by atoms with Gasteiger partial charge in [-0.3, -0.25) is 4.79 Å². The molecule has 0 aromatic heterocycles. The third-order valence-corrected chi connectivity index (χ3v) is 5.37. The number of carbonyl (C=O) groups is 2. The lowest BCUT2D eigenvalue weighted by molar-refractivity contribution is 0.0892. The van der Waals surface area contributed by atoms with Gasteiger partial charge in [-0.15, -0.1) is 4.31 Å². The topological polar surface area (TPSA) is 83.6 Å². The Kier molecular flexibility index (Phi) is 3.65. The average molecular weight is 330 g/mol. The second kappa shape index (κ2) is 5.51. The predicted molar refractivity (Wildman–Crippen MR) is 83.2 cm³/mol. The van der Waals surface area contributed by atoms with Crippen molar-refractivity contribution in [3.05, 3.63) is 65.7 Å². The number of benzene rings is 2. The van der Waals surface area contributed by atoms with Crippen LogP contribution >= 0.6 is 0 Å². The molecule has 1 aliphatic rings. The first-order valence-corrected chi connectivity index (χ1v) is 8.41. The summed E-state index contributed by atoms with van der Waals surface area (Å²) < 4.78 is 25.1. The fourth-order valence-corrected chi connectivity index (χ4v) is 3.92. The van der Waals surface area contributed by atoms with Crippen LogP contribution in [-0.2, 0) is 10.0 Å². The summed E-state index contributed by atoms with van der Waals surface area (Å²) >= 11 is 0. The largest absolute Gasteiger partial charge is 0.339 e. The maximum absolute atomic E-state index is 12.4. The van der Waals surface area contributed by atoms with E-state index in [0.717, 1.165) is 5.56 Å². The first-order valence-electron chi connectivity index (χ1n) is 6.97. The first-order chi connectivity index (χ1) is 10.9. The number of carbonyl (C=O) groups excluding carboxylic acids is 2. The summed E-state index contributed by atoms with van der Waals surface area (Å²) in [5, 5.41) is 2.55. The zero-order valence-corrected chi connectivity index (χ0v) is 13.1. The number of urea groups is 1. The highest BCUT2D eigenvalue weighted by molar-refractivity contribution is 7.90. The van der Waals surface area contributed by atoms with Crippen LogP contribution in [0.1, 0.15) is 28.9 Å². The van der Waals surface area contributed by atoms with E-state index in [1.165, 1.54) is 18.2 Å². The van der Waals surface area contributed by atoms with E-state index in [0.29, 0.717) is 0 Å². The minimum absolute atomic E-state index is 0.00927. The summed E-state index contributed by atoms with van der Waals surface area (Å²) in [6.07, 6.45) is 0. The van der Waals surface area contributed by atoms with Crippen LogP contribution in [-0.4, -0.2) is 24.7 Å². The van der Waals surface area contributed by atoms with Gasteiger partial charge >= 0.3 is 6.03 Å². The predicted octanol–water partition coefficient (Wildman–Crippen LogP) is 2.30. The fraction of sp³-hybridized carbons (Fsp3) is 0.125. The molecule has 1 N–H and O–H groups in total. The molecule has 3 rings (SSSR count). The van der Waals surface area contributed by atoms with Crippen molar-refractivity contribution in [1.82, 2.24) is 9.62 Å². The molecule has 7 heteroatoms. The lowest BCUT2D eigenvalue weighted by Gasteiger charge is -2.19. The van der Waals surface area contributed by atoms with Crippen LogP contribution in [0.5, 0.6) is 0 Å². The molecule has 0 radical (unpaired) electrons. The smallest absolute Gasteiger partial charge is 0.330 e. The number of rotatable bonds is 2. The van der Waals surface area contributed by atoms with Crippen molar-refractivity contribution in [2.75, 3.05) is 0 Å². The van der Waals surface area contributed by atoms with Crippen LogP contribution in [0.2, 0.25) is 0 Å². The molecule has 2 aromatic carbocycles. The minimum Gasteiger partial charge on any atom is -0.330 e. The van der Waals surface area contributed by atoms with Crippen LogP contribution in [0, 0.1) is 0 Å². The van der Waals surface area contributed by atoms with Gasteiger partial charge in [0, 0.05) is 0 Å². The van der Waals surface area contributed by atoms with Gasteiger partial charge in [0.2, 0.25) is 0 Å². The van der Waals surface area contributed by atoms with E-state index in [1.807, 2.05) is 18.2 Å². The van der Waals surface area contributed by atoms with E-state index in [4.69, 9.17) is 0 Å². The van der Waals surface area contributed by atoms with Crippen molar-refractivity contribution < 1.29 is 18.0 Å². The van der Waals surface area contributed by atoms with Gasteiger partial charge in [-0.25, -0.2) is 13.2 Å². The Hall–Kier alpha value is -2.67. The highest BCUT2D eigenvalue weighted by Crippen LogP contribution is 2.30. The Morgan fingerprint density at radius 2 is 1.65 bits per heavy atom. The van der Waals surface area contributed by atoms with Crippen LogP contribution in [0.15, 0.2) is 59.5 Å². The molecular weight excluding hydrogens is 316 g/mol. The molecule has 1 atom stereocenters. The molecule has 0 spiro atoms. The number of fused-ring (bicyclic) bond motifs is 1. The second-order valence-electron chi connectivity index (χ2n) is 5.15. The van der Waals surface area contributed by atoms with Crippen molar-refractivity contribution >= 4 is 22.0 Å². The fourth-order valence-electron chi connectivity index (χ4n) is 2.46. The molecule has 1 heterocycles. The summed E-state index contributed by atoms with van der Waals surface area (Å²) in [6, 6.07) is 13.5. The molecule has 0 saturated carbocycles. The first kappa shape index (κ1) is 15.2. The molecule has 1 unspecified atom stereocenters. The number of amides is 3. The number of nitrogens with one attached hydrogen (secondary N) is 1. The second-order valence-corrected chi connectivity index (χ2v) is 6.91. The molecule has 23 heavy (non-hydrogen) atoms. The minimum atomic E-state index is -4.15. The van der Waals surface area contributed by atoms with Crippen molar-refractivity contribution in [2.24, 2.45) is 0 Å². The number of nitrogens with zero attached hydrogens (tertiary/aromatic N) is 1. The number of hydrogen-bond donors (Lipinski definition) is 1. The zero-order valence-electron chi connectivity index (χ0n) is 12.3. The highest BCUT2D eigenvalue weighted by Gasteiger charge is 2.45. The van der Waals surface area contributed by atoms with Crippen LogP contribution < -0.4 is 5.32 Å². The lowest BCUT2D eigenvalue weighted by atomic mass is 10.1. The molecule has 1 aliphatic heterocycles. The SMILES string of the molecule is CC(NC(=O)N1C(=O)c2ccccc2S1(=O)=O)c1ccccc1. The third-order valence-electron chi connectivity index (χ3n) is 3.64. The standard InChI is InChI=1S/C16H14N2O4S/c1-11(12-7-3-2-4-8-12)17-16(20)18-15(19)13-9-5-6-10-14(13)23(18,21)22/h2-11H,1H3,(H,17,20). The van der Waals surface area contributed by atoms with Gasteiger partial charge in [-0.05, 0) is 24.6 Å². The monoisotopic (exact) mass is 330 g/mol. The third kappa shape index (κ3) is 2.49. The van der Waals surface area contributed by atoms with E-state index in [9.17, 15) is 18.0 Å². The Labute approximate surface area is 133 Å². The highest BCUT2D eigenvalue weighted by atomic mass is 32.2. The van der Waals surface area contributed by atoms with Crippen molar-refractivity contribution in [2.45, 2.75) is 17.9 Å². The van der Waals surface area contributed by atoms with Crippen molar-refractivity contribution in [3.63, 3.8) is 0 Å². The van der Waals surface area contributed by atoms with E-state index in [1.54, 1.807) is 25.1 Å². The number of imide groups is 1. The maximum atomic E-state index is 12.4. The van der Waals surface area contributed by atoms with Gasteiger partial charge in [0.15, 0.2) is 0 Å². The van der Waals surface area contributed by atoms with Gasteiger partial charge < -0.3 is 5.32 Å². The Morgan fingerprint density at radius 3 is 2.30 bits per heavy atom. The maximum Gasteiger partial charge on any atom is 0.339 e. The Bertz CT molecular complexity index is 878. The van der Waals surface area contributed by atoms with E-state index in [2.05, 4.69) is 5.32 Å². The van der Waals surface area contributed by atoms with Crippen LogP contribution in [0.4, 0.5) is 4.79 Å². The quantitative estimate of drug-likeness (QED) is 0.916. The molecular formula is C16H14N2O4S. The normalized spacial score (nSPS) is 16.7. The number of hydrogen-bond acceptors (Lipinski definition) is 4. The molecule has 118 valence electrons. The van der Waals surface area contributed by atoms with Gasteiger partial charge in [-0.2, -0.15) is 0 Å². The van der Waals surface area contributed by atoms with Crippen LogP contribution in [0.25, 0.3) is 0 Å². The lowest BCUT2D eigenvalue weighted by Crippen LogP contribution is -2.44. The molecule has 0 aliphatic carbocycles. The Balaban J connectivity index is 1.88. The van der Waals surface area contributed by atoms with Crippen LogP contribution in [0.3, 0.4) is 0 Å². The Morgan fingerprint density at radius 1 is 1.04 bits per heavy atom. The average Bonchev–Trinajstić information content (AvgIpc) is 2.75. The zero-order chi connectivity index (χ0) is 16.6. The molecule has 2 aromatic rings. The van der Waals surface area contributed by atoms with E-state index in [-0.39, 0.29) is 14.8 Å². The molecule has 0 saturated heterocycles. The van der Waals surface area contributed by atoms with Crippen molar-refractivity contribution in [3.8, 4) is 0 Å². The summed E-state index contributed by atoms with van der Waals surface area (Å²) in [4.78, 5) is 24.5. The molecule has 6 nitrogen and oxygen atoms in total. The van der Waals surface area contributed by atoms with Crippen molar-refractivity contribution in [1.29, 1.82) is 0 Å². The van der Waals surface area contributed by atoms with Gasteiger partial charge in [-0.1, -0.05) is 42.5 Å². The van der Waals surface area contributed by atoms with Gasteiger partial charge in [0.1, 0.15) is 4.90 Å². The molecule has 0 fully saturated rings. The summed E-state index contributed by atoms with van der Waals surface area (Å²) in [5.74, 6) is -0.835. The molecule has 3 amide bonds. The van der Waals surface area contributed by atoms with E-state index < -0.39 is 28.0 Å². The number of sulfonamides is 1. The molecule has 0 bridgehead atoms.